The van der Waals surface area contributed by atoms with Crippen molar-refractivity contribution in [2.24, 2.45) is 11.8 Å². The summed E-state index contributed by atoms with van der Waals surface area (Å²) in [5.41, 5.74) is 0.0781. The summed E-state index contributed by atoms with van der Waals surface area (Å²) in [5, 5.41) is 15.3. The van der Waals surface area contributed by atoms with Crippen LogP contribution in [0.2, 0.25) is 0 Å². The third kappa shape index (κ3) is 4.37. The summed E-state index contributed by atoms with van der Waals surface area (Å²) in [6, 6.07) is 7.06. The maximum Gasteiger partial charge on any atom is 0.319 e. The lowest BCUT2D eigenvalue weighted by Gasteiger charge is -2.29. The molecule has 1 saturated carbocycles. The molecule has 2 amide bonds. The zero-order valence-electron chi connectivity index (χ0n) is 13.6. The Morgan fingerprint density at radius 1 is 1.41 bits per heavy atom. The minimum absolute atomic E-state index is 0.0589. The summed E-state index contributed by atoms with van der Waals surface area (Å²) in [4.78, 5) is 12.2. The van der Waals surface area contributed by atoms with Gasteiger partial charge in [0.15, 0.2) is 0 Å². The molecule has 1 aromatic carbocycles. The number of benzene rings is 1. The zero-order chi connectivity index (χ0) is 16.2. The maximum atomic E-state index is 12.2. The molecule has 122 valence electrons. The predicted octanol–water partition coefficient (Wildman–Crippen LogP) is 3.00. The standard InChI is InChI=1S/C17H26N2O3/c1-12(2)10-22-15-7-5-4-6-14(15)18-16(21)19-17(3,11-20)13-8-9-13/h4-7,12-13,20H,8-11H2,1-3H3,(H2,18,19,21). The highest BCUT2D eigenvalue weighted by Gasteiger charge is 2.42. The number of carbonyl (C=O) groups excluding carboxylic acids is 1. The van der Waals surface area contributed by atoms with Crippen molar-refractivity contribution < 1.29 is 14.6 Å². The molecular weight excluding hydrogens is 280 g/mol. The summed E-state index contributed by atoms with van der Waals surface area (Å²) in [6.45, 7) is 6.56. The highest BCUT2D eigenvalue weighted by Crippen LogP contribution is 2.39. The molecule has 5 heteroatoms. The molecule has 0 radical (unpaired) electrons. The molecule has 1 atom stereocenters. The van der Waals surface area contributed by atoms with E-state index in [1.54, 1.807) is 0 Å². The first kappa shape index (κ1) is 16.6. The molecular formula is C17H26N2O3. The van der Waals surface area contributed by atoms with Crippen LogP contribution in [-0.4, -0.2) is 29.9 Å². The molecule has 0 spiro atoms. The van der Waals surface area contributed by atoms with Gasteiger partial charge in [-0.3, -0.25) is 0 Å². The molecule has 5 nitrogen and oxygen atoms in total. The molecule has 2 rings (SSSR count). The second-order valence-electron chi connectivity index (χ2n) is 6.63. The van der Waals surface area contributed by atoms with E-state index >= 15 is 0 Å². The topological polar surface area (TPSA) is 70.6 Å². The fourth-order valence-electron chi connectivity index (χ4n) is 2.36. The van der Waals surface area contributed by atoms with Crippen LogP contribution >= 0.6 is 0 Å². The quantitative estimate of drug-likeness (QED) is 0.725. The number of urea groups is 1. The lowest BCUT2D eigenvalue weighted by Crippen LogP contribution is -2.52. The Kier molecular flexibility index (Phi) is 5.29. The van der Waals surface area contributed by atoms with Crippen molar-refractivity contribution in [2.45, 2.75) is 39.2 Å². The molecule has 1 aliphatic carbocycles. The number of rotatable bonds is 7. The van der Waals surface area contributed by atoms with Crippen LogP contribution in [0, 0.1) is 11.8 Å². The summed E-state index contributed by atoms with van der Waals surface area (Å²) >= 11 is 0. The van der Waals surface area contributed by atoms with Gasteiger partial charge in [-0.25, -0.2) is 4.79 Å². The number of hydrogen-bond acceptors (Lipinski definition) is 3. The number of amides is 2. The van der Waals surface area contributed by atoms with Crippen LogP contribution in [0.1, 0.15) is 33.6 Å². The van der Waals surface area contributed by atoms with Crippen LogP contribution in [0.25, 0.3) is 0 Å². The fourth-order valence-corrected chi connectivity index (χ4v) is 2.36. The third-order valence-corrected chi connectivity index (χ3v) is 3.91. The largest absolute Gasteiger partial charge is 0.491 e. The smallest absolute Gasteiger partial charge is 0.319 e. The van der Waals surface area contributed by atoms with Gasteiger partial charge in [0.25, 0.3) is 0 Å². The van der Waals surface area contributed by atoms with Gasteiger partial charge in [-0.2, -0.15) is 0 Å². The van der Waals surface area contributed by atoms with E-state index in [1.807, 2.05) is 31.2 Å². The number of aliphatic hydroxyl groups excluding tert-OH is 1. The second kappa shape index (κ2) is 7.01. The van der Waals surface area contributed by atoms with Crippen LogP contribution < -0.4 is 15.4 Å². The zero-order valence-corrected chi connectivity index (χ0v) is 13.6. The lowest BCUT2D eigenvalue weighted by atomic mass is 9.97. The Hall–Kier alpha value is -1.75. The number of ether oxygens (including phenoxy) is 1. The monoisotopic (exact) mass is 306 g/mol. The van der Waals surface area contributed by atoms with E-state index in [4.69, 9.17) is 4.74 Å². The van der Waals surface area contributed by atoms with Gasteiger partial charge in [0.05, 0.1) is 24.4 Å². The number of carbonyl (C=O) groups is 1. The van der Waals surface area contributed by atoms with E-state index < -0.39 is 5.54 Å². The van der Waals surface area contributed by atoms with Gasteiger partial charge < -0.3 is 20.5 Å². The van der Waals surface area contributed by atoms with Gasteiger partial charge in [-0.05, 0) is 43.7 Å². The van der Waals surface area contributed by atoms with Crippen molar-refractivity contribution in [3.05, 3.63) is 24.3 Å². The summed E-state index contributed by atoms with van der Waals surface area (Å²) in [7, 11) is 0. The summed E-state index contributed by atoms with van der Waals surface area (Å²) < 4.78 is 5.72. The number of hydrogen-bond donors (Lipinski definition) is 3. The van der Waals surface area contributed by atoms with Crippen LogP contribution in [0.5, 0.6) is 5.75 Å². The van der Waals surface area contributed by atoms with E-state index in [2.05, 4.69) is 24.5 Å². The van der Waals surface area contributed by atoms with E-state index in [9.17, 15) is 9.90 Å². The normalized spacial score (nSPS) is 17.0. The Balaban J connectivity index is 1.99. The average molecular weight is 306 g/mol. The van der Waals surface area contributed by atoms with Crippen LogP contribution in [-0.2, 0) is 0 Å². The molecule has 1 aliphatic rings. The van der Waals surface area contributed by atoms with Crippen molar-refractivity contribution in [3.63, 3.8) is 0 Å². The van der Waals surface area contributed by atoms with Gasteiger partial charge >= 0.3 is 6.03 Å². The highest BCUT2D eigenvalue weighted by molar-refractivity contribution is 5.91. The first-order chi connectivity index (χ1) is 10.4. The van der Waals surface area contributed by atoms with Crippen molar-refractivity contribution in [1.82, 2.24) is 5.32 Å². The maximum absolute atomic E-state index is 12.2. The van der Waals surface area contributed by atoms with E-state index in [0.29, 0.717) is 29.9 Å². The van der Waals surface area contributed by atoms with Crippen molar-refractivity contribution in [2.75, 3.05) is 18.5 Å². The highest BCUT2D eigenvalue weighted by atomic mass is 16.5. The lowest BCUT2D eigenvalue weighted by molar-refractivity contribution is 0.159. The Morgan fingerprint density at radius 2 is 2.09 bits per heavy atom. The Labute approximate surface area is 132 Å². The number of para-hydroxylation sites is 2. The van der Waals surface area contributed by atoms with Crippen LogP contribution in [0.3, 0.4) is 0 Å². The SMILES string of the molecule is CC(C)COc1ccccc1NC(=O)NC(C)(CO)C1CC1. The summed E-state index contributed by atoms with van der Waals surface area (Å²) in [6.07, 6.45) is 2.09. The summed E-state index contributed by atoms with van der Waals surface area (Å²) in [5.74, 6) is 1.42. The first-order valence-corrected chi connectivity index (χ1v) is 7.86. The molecule has 22 heavy (non-hydrogen) atoms. The second-order valence-corrected chi connectivity index (χ2v) is 6.63. The van der Waals surface area contributed by atoms with E-state index in [-0.39, 0.29) is 12.6 Å². The molecule has 0 bridgehead atoms. The molecule has 0 aromatic heterocycles. The van der Waals surface area contributed by atoms with Crippen LogP contribution in [0.4, 0.5) is 10.5 Å². The third-order valence-electron chi connectivity index (χ3n) is 3.91. The van der Waals surface area contributed by atoms with Gasteiger partial charge in [0.2, 0.25) is 0 Å². The minimum Gasteiger partial charge on any atom is -0.491 e. The molecule has 1 unspecified atom stereocenters. The number of anilines is 1. The van der Waals surface area contributed by atoms with Gasteiger partial charge in [-0.15, -0.1) is 0 Å². The van der Waals surface area contributed by atoms with E-state index in [0.717, 1.165) is 12.8 Å². The average Bonchev–Trinajstić information content (AvgIpc) is 3.31. The molecule has 0 heterocycles. The molecule has 1 fully saturated rings. The molecule has 0 aliphatic heterocycles. The fraction of sp³-hybridized carbons (Fsp3) is 0.588. The first-order valence-electron chi connectivity index (χ1n) is 7.86. The van der Waals surface area contributed by atoms with Gasteiger partial charge in [-0.1, -0.05) is 26.0 Å². The predicted molar refractivity (Wildman–Crippen MR) is 87.1 cm³/mol. The Bertz CT molecular complexity index is 514. The minimum atomic E-state index is -0.558. The van der Waals surface area contributed by atoms with Crippen molar-refractivity contribution in [1.29, 1.82) is 0 Å². The van der Waals surface area contributed by atoms with Crippen LogP contribution in [0.15, 0.2) is 24.3 Å². The van der Waals surface area contributed by atoms with Crippen molar-refractivity contribution in [3.8, 4) is 5.75 Å². The van der Waals surface area contributed by atoms with E-state index in [1.165, 1.54) is 0 Å². The van der Waals surface area contributed by atoms with Crippen molar-refractivity contribution >= 4 is 11.7 Å². The Morgan fingerprint density at radius 3 is 2.68 bits per heavy atom. The number of nitrogens with one attached hydrogen (secondary N) is 2. The molecule has 0 saturated heterocycles. The van der Waals surface area contributed by atoms with Gasteiger partial charge in [0.1, 0.15) is 5.75 Å². The molecule has 3 N–H and O–H groups in total. The van der Waals surface area contributed by atoms with Gasteiger partial charge in [0, 0.05) is 0 Å². The molecule has 1 aromatic rings. The number of aliphatic hydroxyl groups is 1.